The minimum Gasteiger partial charge on any atom is -0.362 e. The number of ether oxygens (including phenoxy) is 1. The van der Waals surface area contributed by atoms with Gasteiger partial charge >= 0.3 is 0 Å². The second-order valence-corrected chi connectivity index (χ2v) is 2.24. The van der Waals surface area contributed by atoms with Crippen molar-refractivity contribution in [2.24, 2.45) is 0 Å². The minimum absolute atomic E-state index is 0.0602. The van der Waals surface area contributed by atoms with Crippen LogP contribution >= 0.6 is 0 Å². The molecule has 1 N–H and O–H groups in total. The summed E-state index contributed by atoms with van der Waals surface area (Å²) in [5.41, 5.74) is 0. The van der Waals surface area contributed by atoms with Gasteiger partial charge in [-0.3, -0.25) is 0 Å². The Morgan fingerprint density at radius 1 is 1.75 bits per heavy atom. The lowest BCUT2D eigenvalue weighted by molar-refractivity contribution is -0.153. The highest BCUT2D eigenvalue weighted by molar-refractivity contribution is 5.02. The third kappa shape index (κ3) is 1.08. The van der Waals surface area contributed by atoms with Crippen LogP contribution in [0, 0.1) is 0 Å². The second-order valence-electron chi connectivity index (χ2n) is 2.24. The van der Waals surface area contributed by atoms with Gasteiger partial charge in [-0.2, -0.15) is 0 Å². The maximum Gasteiger partial charge on any atom is 0.183 e. The number of hydrogen-bond donors (Lipinski definition) is 1. The number of rotatable bonds is 0. The van der Waals surface area contributed by atoms with Crippen molar-refractivity contribution in [3.8, 4) is 0 Å². The molecular formula is C6H10O2. The molecule has 0 radical (unpaired) electrons. The molecule has 1 rings (SSSR count). The Kier molecular flexibility index (Phi) is 1.14. The Balaban J connectivity index is 2.58. The molecule has 2 nitrogen and oxygen atoms in total. The zero-order valence-electron chi connectivity index (χ0n) is 5.09. The van der Waals surface area contributed by atoms with Crippen LogP contribution in [0.15, 0.2) is 12.2 Å². The average molecular weight is 114 g/mol. The van der Waals surface area contributed by atoms with E-state index in [9.17, 15) is 0 Å². The van der Waals surface area contributed by atoms with Gasteiger partial charge in [-0.1, -0.05) is 6.08 Å². The third-order valence-electron chi connectivity index (χ3n) is 1.10. The molecule has 0 bridgehead atoms. The van der Waals surface area contributed by atoms with Crippen molar-refractivity contribution in [2.75, 3.05) is 0 Å². The summed E-state index contributed by atoms with van der Waals surface area (Å²) in [5.74, 6) is -1.01. The zero-order chi connectivity index (χ0) is 6.20. The van der Waals surface area contributed by atoms with Gasteiger partial charge in [-0.15, -0.1) is 0 Å². The Hall–Kier alpha value is -0.340. The molecule has 46 valence electrons. The highest BCUT2D eigenvalue weighted by atomic mass is 16.6. The molecule has 1 aliphatic rings. The van der Waals surface area contributed by atoms with Crippen LogP contribution in [0.1, 0.15) is 13.8 Å². The molecular weight excluding hydrogens is 104 g/mol. The first-order chi connectivity index (χ1) is 3.60. The van der Waals surface area contributed by atoms with Crippen molar-refractivity contribution < 1.29 is 9.84 Å². The minimum atomic E-state index is -1.01. The first-order valence-corrected chi connectivity index (χ1v) is 2.70. The Bertz CT molecular complexity index is 116. The molecule has 0 aromatic rings. The van der Waals surface area contributed by atoms with E-state index < -0.39 is 5.79 Å². The first kappa shape index (κ1) is 5.79. The largest absolute Gasteiger partial charge is 0.362 e. The fourth-order valence-corrected chi connectivity index (χ4v) is 0.769. The van der Waals surface area contributed by atoms with Crippen molar-refractivity contribution >= 4 is 0 Å². The Morgan fingerprint density at radius 2 is 2.38 bits per heavy atom. The smallest absolute Gasteiger partial charge is 0.183 e. The third-order valence-corrected chi connectivity index (χ3v) is 1.10. The quantitative estimate of drug-likeness (QED) is 0.469. The maximum atomic E-state index is 9.06. The summed E-state index contributed by atoms with van der Waals surface area (Å²) in [5, 5.41) is 9.06. The predicted molar refractivity (Wildman–Crippen MR) is 30.3 cm³/mol. The van der Waals surface area contributed by atoms with Gasteiger partial charge in [0.1, 0.15) is 0 Å². The number of aliphatic hydroxyl groups is 1. The summed E-state index contributed by atoms with van der Waals surface area (Å²) in [7, 11) is 0. The van der Waals surface area contributed by atoms with Crippen molar-refractivity contribution in [2.45, 2.75) is 25.7 Å². The van der Waals surface area contributed by atoms with Crippen LogP contribution in [0.4, 0.5) is 0 Å². The Labute approximate surface area is 48.8 Å². The van der Waals surface area contributed by atoms with Crippen molar-refractivity contribution in [1.29, 1.82) is 0 Å². The Morgan fingerprint density at radius 3 is 2.50 bits per heavy atom. The summed E-state index contributed by atoms with van der Waals surface area (Å²) in [6, 6.07) is 0. The second kappa shape index (κ2) is 1.57. The molecule has 0 aliphatic carbocycles. The van der Waals surface area contributed by atoms with Gasteiger partial charge in [0.15, 0.2) is 5.79 Å². The molecule has 0 spiro atoms. The van der Waals surface area contributed by atoms with Gasteiger partial charge < -0.3 is 9.84 Å². The van der Waals surface area contributed by atoms with Crippen LogP contribution in [-0.4, -0.2) is 17.0 Å². The molecule has 1 heterocycles. The normalized spacial score (nSPS) is 45.6. The van der Waals surface area contributed by atoms with E-state index in [0.29, 0.717) is 0 Å². The van der Waals surface area contributed by atoms with E-state index in [4.69, 9.17) is 9.84 Å². The van der Waals surface area contributed by atoms with Gasteiger partial charge in [-0.25, -0.2) is 0 Å². The fraction of sp³-hybridized carbons (Fsp3) is 0.667. The first-order valence-electron chi connectivity index (χ1n) is 2.70. The summed E-state index contributed by atoms with van der Waals surface area (Å²) < 4.78 is 4.99. The molecule has 0 saturated heterocycles. The molecule has 0 aromatic heterocycles. The van der Waals surface area contributed by atoms with E-state index in [1.165, 1.54) is 0 Å². The summed E-state index contributed by atoms with van der Waals surface area (Å²) in [4.78, 5) is 0. The molecule has 1 aliphatic heterocycles. The van der Waals surface area contributed by atoms with E-state index in [-0.39, 0.29) is 6.10 Å². The van der Waals surface area contributed by atoms with Gasteiger partial charge in [0.2, 0.25) is 0 Å². The van der Waals surface area contributed by atoms with Crippen LogP contribution in [0.2, 0.25) is 0 Å². The summed E-state index contributed by atoms with van der Waals surface area (Å²) in [6.45, 7) is 3.50. The fourth-order valence-electron chi connectivity index (χ4n) is 0.769. The van der Waals surface area contributed by atoms with E-state index >= 15 is 0 Å². The van der Waals surface area contributed by atoms with Crippen LogP contribution in [0.25, 0.3) is 0 Å². The zero-order valence-corrected chi connectivity index (χ0v) is 5.09. The van der Waals surface area contributed by atoms with Crippen molar-refractivity contribution in [3.63, 3.8) is 0 Å². The highest BCUT2D eigenvalue weighted by Crippen LogP contribution is 2.18. The predicted octanol–water partition coefficient (Wildman–Crippen LogP) is 0.670. The highest BCUT2D eigenvalue weighted by Gasteiger charge is 2.24. The van der Waals surface area contributed by atoms with Gasteiger partial charge in [0.25, 0.3) is 0 Å². The number of hydrogen-bond acceptors (Lipinski definition) is 2. The average Bonchev–Trinajstić information content (AvgIpc) is 1.82. The summed E-state index contributed by atoms with van der Waals surface area (Å²) in [6.07, 6.45) is 3.54. The monoisotopic (exact) mass is 114 g/mol. The van der Waals surface area contributed by atoms with Crippen molar-refractivity contribution in [3.05, 3.63) is 12.2 Å². The van der Waals surface area contributed by atoms with E-state index in [2.05, 4.69) is 0 Å². The maximum absolute atomic E-state index is 9.06. The van der Waals surface area contributed by atoms with Crippen LogP contribution in [0.3, 0.4) is 0 Å². The molecule has 0 aromatic carbocycles. The lowest BCUT2D eigenvalue weighted by atomic mass is 10.3. The molecule has 0 amide bonds. The topological polar surface area (TPSA) is 29.5 Å². The van der Waals surface area contributed by atoms with Gasteiger partial charge in [0.05, 0.1) is 6.10 Å². The van der Waals surface area contributed by atoms with Gasteiger partial charge in [0, 0.05) is 0 Å². The van der Waals surface area contributed by atoms with Gasteiger partial charge in [-0.05, 0) is 19.9 Å². The molecule has 2 atom stereocenters. The van der Waals surface area contributed by atoms with Crippen molar-refractivity contribution in [1.82, 2.24) is 0 Å². The van der Waals surface area contributed by atoms with E-state index in [1.807, 2.05) is 13.0 Å². The molecule has 2 heteroatoms. The SMILES string of the molecule is CC1C=CC(C)(O)O1. The standard InChI is InChI=1S/C6H10O2/c1-5-3-4-6(2,7)8-5/h3-5,7H,1-2H3. The van der Waals surface area contributed by atoms with Crippen LogP contribution in [-0.2, 0) is 4.74 Å². The lowest BCUT2D eigenvalue weighted by Crippen LogP contribution is -2.22. The molecule has 2 unspecified atom stereocenters. The van der Waals surface area contributed by atoms with Crippen LogP contribution in [0.5, 0.6) is 0 Å². The van der Waals surface area contributed by atoms with E-state index in [1.54, 1.807) is 13.0 Å². The molecule has 8 heavy (non-hydrogen) atoms. The van der Waals surface area contributed by atoms with Crippen LogP contribution < -0.4 is 0 Å². The molecule has 0 saturated carbocycles. The lowest BCUT2D eigenvalue weighted by Gasteiger charge is -2.14. The summed E-state index contributed by atoms with van der Waals surface area (Å²) >= 11 is 0. The van der Waals surface area contributed by atoms with E-state index in [0.717, 1.165) is 0 Å². The molecule has 0 fully saturated rings.